The van der Waals surface area contributed by atoms with Crippen LogP contribution in [-0.2, 0) is 17.5 Å². The third kappa shape index (κ3) is 6.89. The number of ether oxygens (including phenoxy) is 1. The molecule has 1 atom stereocenters. The third-order valence-electron chi connectivity index (χ3n) is 6.68. The molecule has 0 fully saturated rings. The minimum absolute atomic E-state index is 0.236. The lowest BCUT2D eigenvalue weighted by atomic mass is 10.1. The number of alkyl halides is 3. The molecule has 3 aromatic carbocycles. The van der Waals surface area contributed by atoms with Crippen LogP contribution in [0.15, 0.2) is 82.5 Å². The fourth-order valence-corrected chi connectivity index (χ4v) is 5.49. The van der Waals surface area contributed by atoms with Gasteiger partial charge in [0.25, 0.3) is 0 Å². The Labute approximate surface area is 246 Å². The second-order valence-electron chi connectivity index (χ2n) is 10.4. The molecule has 7 nitrogen and oxygen atoms in total. The molecule has 0 saturated heterocycles. The Kier molecular flexibility index (Phi) is 9.20. The summed E-state index contributed by atoms with van der Waals surface area (Å²) in [5.41, 5.74) is -0.797. The van der Waals surface area contributed by atoms with E-state index in [1.807, 2.05) is 56.3 Å². The third-order valence-corrected chi connectivity index (χ3v) is 7.93. The minimum Gasteiger partial charge on any atom is -0.478 e. The maximum absolute atomic E-state index is 13.6. The Morgan fingerprint density at radius 3 is 2.29 bits per heavy atom. The average Bonchev–Trinajstić information content (AvgIpc) is 3.27. The first kappa shape index (κ1) is 31.0. The molecule has 222 valence electrons. The van der Waals surface area contributed by atoms with Gasteiger partial charge in [-0.1, -0.05) is 43.7 Å². The Balaban J connectivity index is 1.78. The zero-order chi connectivity index (χ0) is 30.7. The fourth-order valence-electron chi connectivity index (χ4n) is 4.25. The van der Waals surface area contributed by atoms with Crippen molar-refractivity contribution in [2.24, 2.45) is 0 Å². The van der Waals surface area contributed by atoms with Crippen LogP contribution >= 0.6 is 11.8 Å². The Hall–Kier alpha value is -3.99. The van der Waals surface area contributed by atoms with Gasteiger partial charge in [0.1, 0.15) is 5.75 Å². The summed E-state index contributed by atoms with van der Waals surface area (Å²) < 4.78 is 47.9. The molecule has 0 aliphatic heterocycles. The number of hydrogen-bond donors (Lipinski definition) is 1. The average molecular weight is 600 g/mol. The second kappa shape index (κ2) is 12.5. The Morgan fingerprint density at radius 1 is 1.05 bits per heavy atom. The van der Waals surface area contributed by atoms with Crippen LogP contribution in [0.2, 0.25) is 0 Å². The zero-order valence-corrected chi connectivity index (χ0v) is 24.5. The van der Waals surface area contributed by atoms with Gasteiger partial charge in [-0.3, -0.25) is 4.57 Å². The summed E-state index contributed by atoms with van der Waals surface area (Å²) >= 11 is 1.46. The van der Waals surface area contributed by atoms with E-state index in [0.29, 0.717) is 24.5 Å². The molecule has 0 amide bonds. The highest BCUT2D eigenvalue weighted by molar-refractivity contribution is 7.99. The first-order valence-corrected chi connectivity index (χ1v) is 14.3. The lowest BCUT2D eigenvalue weighted by molar-refractivity contribution is -0.152. The molecule has 0 bridgehead atoms. The molecular formula is C31H32F3N3O4S. The molecular weight excluding hydrogens is 567 g/mol. The monoisotopic (exact) mass is 599 g/mol. The number of aromatic nitrogens is 3. The predicted octanol–water partition coefficient (Wildman–Crippen LogP) is 7.29. The van der Waals surface area contributed by atoms with E-state index in [0.717, 1.165) is 39.3 Å². The van der Waals surface area contributed by atoms with Crippen molar-refractivity contribution in [2.75, 3.05) is 0 Å². The highest BCUT2D eigenvalue weighted by atomic mass is 32.2. The van der Waals surface area contributed by atoms with Gasteiger partial charge in [-0.2, -0.15) is 17.9 Å². The van der Waals surface area contributed by atoms with Crippen LogP contribution in [0.25, 0.3) is 5.69 Å². The normalized spacial score (nSPS) is 12.7. The number of aryl methyl sites for hydroxylation is 1. The molecule has 0 aliphatic rings. The van der Waals surface area contributed by atoms with E-state index in [-0.39, 0.29) is 5.69 Å². The molecule has 1 unspecified atom stereocenters. The molecule has 1 N–H and O–H groups in total. The van der Waals surface area contributed by atoms with Crippen LogP contribution in [0.5, 0.6) is 5.75 Å². The molecule has 11 heteroatoms. The number of carboxylic acids is 1. The van der Waals surface area contributed by atoms with Crippen LogP contribution < -0.4 is 10.4 Å². The maximum Gasteiger partial charge on any atom is 0.416 e. The number of aliphatic carboxylic acids is 1. The molecule has 42 heavy (non-hydrogen) atoms. The number of carboxylic acid groups (broad SMARTS) is 1. The van der Waals surface area contributed by atoms with Crippen molar-refractivity contribution in [2.45, 2.75) is 69.0 Å². The number of nitrogens with zero attached hydrogens (tertiary/aromatic N) is 3. The van der Waals surface area contributed by atoms with Crippen LogP contribution in [0.4, 0.5) is 13.2 Å². The van der Waals surface area contributed by atoms with Gasteiger partial charge >= 0.3 is 17.8 Å². The molecule has 1 heterocycles. The largest absolute Gasteiger partial charge is 0.478 e. The molecule has 0 aliphatic carbocycles. The first-order valence-electron chi connectivity index (χ1n) is 13.4. The number of rotatable bonds is 11. The van der Waals surface area contributed by atoms with Crippen molar-refractivity contribution in [3.05, 3.63) is 106 Å². The number of benzene rings is 3. The van der Waals surface area contributed by atoms with Gasteiger partial charge in [0.05, 0.1) is 16.5 Å². The number of halogens is 3. The highest BCUT2D eigenvalue weighted by Crippen LogP contribution is 2.41. The van der Waals surface area contributed by atoms with Crippen LogP contribution in [-0.4, -0.2) is 31.0 Å². The van der Waals surface area contributed by atoms with Gasteiger partial charge in [0.2, 0.25) is 0 Å². The maximum atomic E-state index is 13.6. The van der Waals surface area contributed by atoms with Crippen LogP contribution in [0.3, 0.4) is 0 Å². The van der Waals surface area contributed by atoms with Crippen molar-refractivity contribution < 1.29 is 27.8 Å². The van der Waals surface area contributed by atoms with Gasteiger partial charge in [0, 0.05) is 11.4 Å². The summed E-state index contributed by atoms with van der Waals surface area (Å²) in [6, 6.07) is 19.3. The second-order valence-corrected chi connectivity index (χ2v) is 11.5. The Morgan fingerprint density at radius 2 is 1.71 bits per heavy atom. The van der Waals surface area contributed by atoms with E-state index in [9.17, 15) is 27.9 Å². The number of thioether (sulfide) groups is 1. The van der Waals surface area contributed by atoms with Crippen molar-refractivity contribution in [3.8, 4) is 11.4 Å². The van der Waals surface area contributed by atoms with Gasteiger partial charge in [-0.25, -0.2) is 9.59 Å². The summed E-state index contributed by atoms with van der Waals surface area (Å²) in [6.45, 7) is 7.18. The van der Waals surface area contributed by atoms with E-state index in [4.69, 9.17) is 4.74 Å². The van der Waals surface area contributed by atoms with Gasteiger partial charge in [-0.15, -0.1) is 16.9 Å². The molecule has 0 spiro atoms. The minimum atomic E-state index is -4.49. The Bertz CT molecular complexity index is 1600. The molecule has 1 aromatic heterocycles. The molecule has 0 radical (unpaired) electrons. The molecule has 0 saturated carbocycles. The van der Waals surface area contributed by atoms with Crippen molar-refractivity contribution in [3.63, 3.8) is 0 Å². The first-order chi connectivity index (χ1) is 19.8. The molecule has 4 aromatic rings. The fraction of sp³-hybridized carbons (Fsp3) is 0.323. The van der Waals surface area contributed by atoms with E-state index < -0.39 is 34.2 Å². The summed E-state index contributed by atoms with van der Waals surface area (Å²) in [5, 5.41) is 13.7. The SMILES string of the molecule is CCCCn1c(C(Sc2ccc(OC(C)(C)C(=O)O)c(C)c2)c2ccccc2)nn(-c2ccc(C(F)(F)F)cc2)c1=O. The van der Waals surface area contributed by atoms with Crippen molar-refractivity contribution >= 4 is 17.7 Å². The van der Waals surface area contributed by atoms with E-state index in [2.05, 4.69) is 5.10 Å². The zero-order valence-electron chi connectivity index (χ0n) is 23.7. The van der Waals surface area contributed by atoms with Crippen LogP contribution in [0.1, 0.15) is 61.4 Å². The molecule has 4 rings (SSSR count). The smallest absolute Gasteiger partial charge is 0.416 e. The number of carbonyl (C=O) groups is 1. The highest BCUT2D eigenvalue weighted by Gasteiger charge is 2.32. The summed E-state index contributed by atoms with van der Waals surface area (Å²) in [6.07, 6.45) is -2.96. The van der Waals surface area contributed by atoms with Crippen molar-refractivity contribution in [1.82, 2.24) is 14.3 Å². The quantitative estimate of drug-likeness (QED) is 0.182. The summed E-state index contributed by atoms with van der Waals surface area (Å²) in [5.74, 6) is -0.179. The summed E-state index contributed by atoms with van der Waals surface area (Å²) in [4.78, 5) is 26.0. The number of unbranched alkanes of at least 4 members (excludes halogenated alkanes) is 1. The van der Waals surface area contributed by atoms with E-state index in [1.54, 1.807) is 10.6 Å². The van der Waals surface area contributed by atoms with Gasteiger partial charge < -0.3 is 9.84 Å². The predicted molar refractivity (Wildman–Crippen MR) is 155 cm³/mol. The van der Waals surface area contributed by atoms with Gasteiger partial charge in [-0.05, 0) is 80.8 Å². The number of hydrogen-bond acceptors (Lipinski definition) is 5. The summed E-state index contributed by atoms with van der Waals surface area (Å²) in [7, 11) is 0. The van der Waals surface area contributed by atoms with Crippen LogP contribution in [0, 0.1) is 6.92 Å². The topological polar surface area (TPSA) is 86.3 Å². The van der Waals surface area contributed by atoms with E-state index >= 15 is 0 Å². The standard InChI is InChI=1S/C31H32F3N3O4S/c1-5-6-18-36-27(35-37(29(36)40)23-14-12-22(13-15-23)31(32,33)34)26(21-10-8-7-9-11-21)42-24-16-17-25(20(2)19-24)41-30(3,4)28(38)39/h7-17,19,26H,5-6,18H2,1-4H3,(H,38,39). The van der Waals surface area contributed by atoms with E-state index in [1.165, 1.54) is 37.7 Å². The lowest BCUT2D eigenvalue weighted by Gasteiger charge is -2.23. The van der Waals surface area contributed by atoms with Gasteiger partial charge in [0.15, 0.2) is 11.4 Å². The lowest BCUT2D eigenvalue weighted by Crippen LogP contribution is -2.38. The van der Waals surface area contributed by atoms with Crippen molar-refractivity contribution in [1.29, 1.82) is 0 Å².